The maximum absolute atomic E-state index is 11.4. The van der Waals surface area contributed by atoms with Gasteiger partial charge < -0.3 is 26.0 Å². The lowest BCUT2D eigenvalue weighted by Crippen LogP contribution is -2.43. The first-order valence-electron chi connectivity index (χ1n) is 11.7. The Morgan fingerprint density at radius 2 is 2.00 bits per heavy atom. The third-order valence-electron chi connectivity index (χ3n) is 6.41. The van der Waals surface area contributed by atoms with E-state index in [-0.39, 0.29) is 35.8 Å². The van der Waals surface area contributed by atoms with Gasteiger partial charge in [0.25, 0.3) is 0 Å². The van der Waals surface area contributed by atoms with Crippen LogP contribution in [0.1, 0.15) is 65.2 Å². The molecular formula is C22H44IN5O2. The van der Waals surface area contributed by atoms with Crippen molar-refractivity contribution in [2.24, 2.45) is 22.1 Å². The largest absolute Gasteiger partial charge is 0.382 e. The molecule has 4 N–H and O–H groups in total. The number of guanidine groups is 1. The maximum Gasteiger partial charge on any atom is 0.221 e. The van der Waals surface area contributed by atoms with Gasteiger partial charge in [0.2, 0.25) is 5.91 Å². The van der Waals surface area contributed by atoms with E-state index in [0.717, 1.165) is 84.1 Å². The third-order valence-corrected chi connectivity index (χ3v) is 6.41. The number of nitrogens with zero attached hydrogens (tertiary/aromatic N) is 2. The molecule has 0 radical (unpaired) electrons. The van der Waals surface area contributed by atoms with E-state index in [1.54, 1.807) is 0 Å². The van der Waals surface area contributed by atoms with Gasteiger partial charge >= 0.3 is 0 Å². The van der Waals surface area contributed by atoms with Crippen LogP contribution in [0, 0.1) is 11.3 Å². The quantitative estimate of drug-likeness (QED) is 0.154. The molecule has 1 unspecified atom stereocenters. The summed E-state index contributed by atoms with van der Waals surface area (Å²) in [5, 5.41) is 6.88. The zero-order valence-electron chi connectivity index (χ0n) is 19.1. The van der Waals surface area contributed by atoms with Crippen LogP contribution in [0.2, 0.25) is 0 Å². The number of ether oxygens (including phenoxy) is 1. The van der Waals surface area contributed by atoms with Crippen LogP contribution in [-0.4, -0.2) is 69.2 Å². The minimum Gasteiger partial charge on any atom is -0.382 e. The van der Waals surface area contributed by atoms with Crippen molar-refractivity contribution in [2.45, 2.75) is 65.2 Å². The summed E-state index contributed by atoms with van der Waals surface area (Å²) >= 11 is 0. The molecule has 0 spiro atoms. The van der Waals surface area contributed by atoms with Crippen molar-refractivity contribution >= 4 is 35.8 Å². The minimum absolute atomic E-state index is 0. The molecule has 1 aliphatic heterocycles. The average Bonchev–Trinajstić information content (AvgIpc) is 3.19. The van der Waals surface area contributed by atoms with Crippen LogP contribution in [0.15, 0.2) is 4.99 Å². The summed E-state index contributed by atoms with van der Waals surface area (Å²) < 4.78 is 5.62. The summed E-state index contributed by atoms with van der Waals surface area (Å²) in [5.41, 5.74) is 5.80. The van der Waals surface area contributed by atoms with Crippen LogP contribution in [0.25, 0.3) is 0 Å². The van der Waals surface area contributed by atoms with Gasteiger partial charge in [0.15, 0.2) is 5.96 Å². The second-order valence-corrected chi connectivity index (χ2v) is 8.67. The Morgan fingerprint density at radius 3 is 2.67 bits per heavy atom. The highest BCUT2D eigenvalue weighted by atomic mass is 127. The van der Waals surface area contributed by atoms with Gasteiger partial charge in [-0.3, -0.25) is 9.79 Å². The third kappa shape index (κ3) is 9.68. The van der Waals surface area contributed by atoms with Crippen LogP contribution in [-0.2, 0) is 9.53 Å². The Balaban J connectivity index is 0.00000450. The van der Waals surface area contributed by atoms with Crippen molar-refractivity contribution in [3.8, 4) is 0 Å². The molecule has 1 saturated heterocycles. The van der Waals surface area contributed by atoms with Gasteiger partial charge in [0.05, 0.1) is 5.92 Å². The summed E-state index contributed by atoms with van der Waals surface area (Å²) in [7, 11) is 0. The predicted octanol–water partition coefficient (Wildman–Crippen LogP) is 2.73. The molecule has 2 fully saturated rings. The number of carbonyl (C=O) groups is 1. The number of hydrogen-bond acceptors (Lipinski definition) is 4. The molecule has 176 valence electrons. The van der Waals surface area contributed by atoms with Gasteiger partial charge in [-0.1, -0.05) is 12.8 Å². The number of amides is 1. The molecule has 7 nitrogen and oxygen atoms in total. The number of nitrogens with two attached hydrogens (primary N) is 1. The van der Waals surface area contributed by atoms with Gasteiger partial charge in [-0.2, -0.15) is 0 Å². The molecule has 2 rings (SSSR count). The molecule has 1 saturated carbocycles. The van der Waals surface area contributed by atoms with Crippen molar-refractivity contribution in [2.75, 3.05) is 52.5 Å². The number of rotatable bonds is 12. The molecule has 1 aliphatic carbocycles. The molecule has 1 heterocycles. The molecule has 8 heteroatoms. The normalized spacial score (nSPS) is 21.8. The van der Waals surface area contributed by atoms with Crippen LogP contribution in [0.3, 0.4) is 0 Å². The highest BCUT2D eigenvalue weighted by molar-refractivity contribution is 14.0. The Bertz CT molecular complexity index is 512. The van der Waals surface area contributed by atoms with E-state index >= 15 is 0 Å². The van der Waals surface area contributed by atoms with E-state index in [0.29, 0.717) is 5.41 Å². The first-order valence-corrected chi connectivity index (χ1v) is 11.7. The van der Waals surface area contributed by atoms with Crippen molar-refractivity contribution < 1.29 is 9.53 Å². The molecule has 30 heavy (non-hydrogen) atoms. The summed E-state index contributed by atoms with van der Waals surface area (Å²) in [6.45, 7) is 11.3. The van der Waals surface area contributed by atoms with E-state index in [9.17, 15) is 4.79 Å². The number of halogens is 1. The van der Waals surface area contributed by atoms with Crippen LogP contribution in [0.5, 0.6) is 0 Å². The van der Waals surface area contributed by atoms with Crippen molar-refractivity contribution in [1.82, 2.24) is 15.5 Å². The zero-order chi connectivity index (χ0) is 21.0. The fourth-order valence-corrected chi connectivity index (χ4v) is 4.63. The van der Waals surface area contributed by atoms with Gasteiger partial charge in [-0.15, -0.1) is 24.0 Å². The Labute approximate surface area is 200 Å². The van der Waals surface area contributed by atoms with Crippen LogP contribution >= 0.6 is 24.0 Å². The van der Waals surface area contributed by atoms with Crippen molar-refractivity contribution in [1.29, 1.82) is 0 Å². The lowest BCUT2D eigenvalue weighted by atomic mass is 9.83. The van der Waals surface area contributed by atoms with Gasteiger partial charge in [-0.05, 0) is 70.9 Å². The lowest BCUT2D eigenvalue weighted by Gasteiger charge is -2.31. The molecule has 1 amide bonds. The smallest absolute Gasteiger partial charge is 0.221 e. The number of likely N-dealkylation sites (tertiary alicyclic amines) is 1. The topological polar surface area (TPSA) is 92.0 Å². The summed E-state index contributed by atoms with van der Waals surface area (Å²) in [6.07, 6.45) is 9.30. The second kappa shape index (κ2) is 15.2. The monoisotopic (exact) mass is 537 g/mol. The Morgan fingerprint density at radius 1 is 1.23 bits per heavy atom. The number of nitrogens with one attached hydrogen (secondary N) is 2. The van der Waals surface area contributed by atoms with Gasteiger partial charge in [0.1, 0.15) is 0 Å². The average molecular weight is 538 g/mol. The maximum atomic E-state index is 11.4. The van der Waals surface area contributed by atoms with E-state index in [4.69, 9.17) is 15.5 Å². The fourth-order valence-electron chi connectivity index (χ4n) is 4.63. The minimum atomic E-state index is -0.153. The predicted molar refractivity (Wildman–Crippen MR) is 134 cm³/mol. The standard InChI is InChI=1S/C22H43N5O2.HI/c1-3-24-21(26-18-22(10-5-6-11-22)12-16-29-4-2)25-13-8-15-27-14-7-9-19(17-27)20(23)28;/h19H,3-18H2,1-2H3,(H2,23,28)(H2,24,25,26);1H. The molecule has 0 aromatic carbocycles. The van der Waals surface area contributed by atoms with E-state index < -0.39 is 0 Å². The second-order valence-electron chi connectivity index (χ2n) is 8.67. The van der Waals surface area contributed by atoms with Crippen LogP contribution in [0.4, 0.5) is 0 Å². The summed E-state index contributed by atoms with van der Waals surface area (Å²) in [6, 6.07) is 0. The zero-order valence-corrected chi connectivity index (χ0v) is 21.4. The highest BCUT2D eigenvalue weighted by Crippen LogP contribution is 2.41. The van der Waals surface area contributed by atoms with Crippen LogP contribution < -0.4 is 16.4 Å². The fraction of sp³-hybridized carbons (Fsp3) is 0.909. The first-order chi connectivity index (χ1) is 14.1. The summed E-state index contributed by atoms with van der Waals surface area (Å²) in [5.74, 6) is 0.790. The molecule has 1 atom stereocenters. The molecule has 0 aromatic heterocycles. The van der Waals surface area contributed by atoms with E-state index in [2.05, 4.69) is 29.4 Å². The molecule has 0 bridgehead atoms. The van der Waals surface area contributed by atoms with Crippen molar-refractivity contribution in [3.05, 3.63) is 0 Å². The lowest BCUT2D eigenvalue weighted by molar-refractivity contribution is -0.123. The number of hydrogen-bond donors (Lipinski definition) is 3. The van der Waals surface area contributed by atoms with Gasteiger partial charge in [0, 0.05) is 39.4 Å². The van der Waals surface area contributed by atoms with E-state index in [1.807, 2.05) is 0 Å². The SMILES string of the molecule is CCNC(=NCC1(CCOCC)CCCC1)NCCCN1CCCC(C(N)=O)C1.I. The first kappa shape index (κ1) is 27.4. The molecule has 2 aliphatic rings. The molecule has 0 aromatic rings. The number of piperidine rings is 1. The van der Waals surface area contributed by atoms with E-state index in [1.165, 1.54) is 25.7 Å². The Hall–Kier alpha value is -0.610. The number of carbonyl (C=O) groups excluding carboxylic acids is 1. The number of primary amides is 1. The summed E-state index contributed by atoms with van der Waals surface area (Å²) in [4.78, 5) is 18.7. The number of aliphatic imine (C=N–C) groups is 1. The molecular weight excluding hydrogens is 493 g/mol. The highest BCUT2D eigenvalue weighted by Gasteiger charge is 2.33. The van der Waals surface area contributed by atoms with Gasteiger partial charge in [-0.25, -0.2) is 0 Å². The Kier molecular flexibility index (Phi) is 13.9. The van der Waals surface area contributed by atoms with Crippen molar-refractivity contribution in [3.63, 3.8) is 0 Å².